The molecule has 1 fully saturated rings. The van der Waals surface area contributed by atoms with Crippen LogP contribution >= 0.6 is 0 Å². The van der Waals surface area contributed by atoms with E-state index in [4.69, 9.17) is 5.84 Å². The van der Waals surface area contributed by atoms with Crippen LogP contribution in [0.1, 0.15) is 44.6 Å². The molecule has 0 aromatic carbocycles. The second-order valence-corrected chi connectivity index (χ2v) is 6.11. The van der Waals surface area contributed by atoms with Crippen LogP contribution in [-0.4, -0.2) is 41.0 Å². The molecule has 1 saturated carbocycles. The maximum Gasteiger partial charge on any atom is 0.148 e. The molecule has 1 aromatic heterocycles. The first-order chi connectivity index (χ1) is 9.50. The molecule has 1 heterocycles. The number of nitrogens with zero attached hydrogens (tertiary/aromatic N) is 3. The van der Waals surface area contributed by atoms with Crippen LogP contribution in [0.25, 0.3) is 0 Å². The van der Waals surface area contributed by atoms with E-state index < -0.39 is 0 Å². The average molecular weight is 278 g/mol. The summed E-state index contributed by atoms with van der Waals surface area (Å²) in [5.74, 6) is 7.44. The van der Waals surface area contributed by atoms with Gasteiger partial charge in [0.15, 0.2) is 0 Å². The van der Waals surface area contributed by atoms with Crippen molar-refractivity contribution in [3.05, 3.63) is 11.9 Å². The Morgan fingerprint density at radius 3 is 2.40 bits per heavy atom. The van der Waals surface area contributed by atoms with Gasteiger partial charge in [0.25, 0.3) is 0 Å². The maximum absolute atomic E-state index is 5.55. The van der Waals surface area contributed by atoms with Crippen LogP contribution in [-0.2, 0) is 0 Å². The molecule has 1 aliphatic carbocycles. The number of nitrogens with two attached hydrogens (primary N) is 1. The summed E-state index contributed by atoms with van der Waals surface area (Å²) in [5, 5.41) is 3.51. The molecule has 4 N–H and O–H groups in total. The summed E-state index contributed by atoms with van der Waals surface area (Å²) in [4.78, 5) is 10.9. The number of nitrogen functional groups attached to an aromatic ring is 1. The van der Waals surface area contributed by atoms with Crippen molar-refractivity contribution in [3.8, 4) is 0 Å². The van der Waals surface area contributed by atoms with Gasteiger partial charge in [0, 0.05) is 17.6 Å². The highest BCUT2D eigenvalue weighted by molar-refractivity contribution is 5.58. The summed E-state index contributed by atoms with van der Waals surface area (Å²) >= 11 is 0. The second kappa shape index (κ2) is 5.93. The lowest BCUT2D eigenvalue weighted by Crippen LogP contribution is -2.54. The molecule has 0 bridgehead atoms. The molecule has 0 amide bonds. The lowest BCUT2D eigenvalue weighted by Gasteiger charge is -2.47. The lowest BCUT2D eigenvalue weighted by molar-refractivity contribution is 0.0738. The first kappa shape index (κ1) is 15.0. The topological polar surface area (TPSA) is 79.1 Å². The van der Waals surface area contributed by atoms with Crippen molar-refractivity contribution in [2.45, 2.75) is 44.6 Å². The standard InChI is InChI=1S/C14H26N6/c1-10(2)11-12(17-9-18-13(11)19-15)16-8-14(20(3)4)6-5-7-14/h9-10H,5-8,15H2,1-4H3,(H2,16,17,18,19). The Morgan fingerprint density at radius 1 is 1.30 bits per heavy atom. The van der Waals surface area contributed by atoms with Gasteiger partial charge in [0.2, 0.25) is 0 Å². The Morgan fingerprint density at radius 2 is 1.95 bits per heavy atom. The Bertz CT molecular complexity index is 453. The molecular weight excluding hydrogens is 252 g/mol. The van der Waals surface area contributed by atoms with Crippen molar-refractivity contribution >= 4 is 11.6 Å². The molecule has 6 nitrogen and oxygen atoms in total. The Balaban J connectivity index is 2.17. The largest absolute Gasteiger partial charge is 0.368 e. The minimum Gasteiger partial charge on any atom is -0.368 e. The van der Waals surface area contributed by atoms with Gasteiger partial charge in [-0.25, -0.2) is 15.8 Å². The van der Waals surface area contributed by atoms with Gasteiger partial charge in [-0.1, -0.05) is 13.8 Å². The molecule has 0 radical (unpaired) electrons. The average Bonchev–Trinajstić information content (AvgIpc) is 2.36. The number of hydrogen-bond acceptors (Lipinski definition) is 6. The van der Waals surface area contributed by atoms with E-state index in [9.17, 15) is 0 Å². The molecule has 0 unspecified atom stereocenters. The van der Waals surface area contributed by atoms with Crippen molar-refractivity contribution in [2.24, 2.45) is 5.84 Å². The summed E-state index contributed by atoms with van der Waals surface area (Å²) in [6.45, 7) is 5.15. The summed E-state index contributed by atoms with van der Waals surface area (Å²) < 4.78 is 0. The van der Waals surface area contributed by atoms with Gasteiger partial charge in [-0.3, -0.25) is 0 Å². The quantitative estimate of drug-likeness (QED) is 0.544. The molecule has 1 aromatic rings. The predicted molar refractivity (Wildman–Crippen MR) is 82.7 cm³/mol. The third-order valence-electron chi connectivity index (χ3n) is 4.42. The Hall–Kier alpha value is -1.40. The van der Waals surface area contributed by atoms with Crippen LogP contribution in [0.4, 0.5) is 11.6 Å². The van der Waals surface area contributed by atoms with Crippen LogP contribution in [0, 0.1) is 0 Å². The minimum atomic E-state index is 0.259. The minimum absolute atomic E-state index is 0.259. The number of anilines is 2. The normalized spacial score (nSPS) is 17.1. The molecule has 2 rings (SSSR count). The molecule has 112 valence electrons. The smallest absolute Gasteiger partial charge is 0.148 e. The first-order valence-corrected chi connectivity index (χ1v) is 7.23. The van der Waals surface area contributed by atoms with Crippen LogP contribution < -0.4 is 16.6 Å². The molecule has 0 saturated heterocycles. The van der Waals surface area contributed by atoms with Crippen molar-refractivity contribution in [2.75, 3.05) is 31.4 Å². The zero-order valence-electron chi connectivity index (χ0n) is 12.9. The summed E-state index contributed by atoms with van der Waals surface area (Å²) in [5.41, 5.74) is 3.97. The zero-order valence-corrected chi connectivity index (χ0v) is 12.9. The molecule has 0 aliphatic heterocycles. The third kappa shape index (κ3) is 2.71. The molecular formula is C14H26N6. The van der Waals surface area contributed by atoms with E-state index in [0.717, 1.165) is 17.9 Å². The maximum atomic E-state index is 5.55. The number of aromatic nitrogens is 2. The SMILES string of the molecule is CC(C)c1c(NN)ncnc1NCC1(N(C)C)CCC1. The van der Waals surface area contributed by atoms with Crippen molar-refractivity contribution < 1.29 is 0 Å². The fourth-order valence-electron chi connectivity index (χ4n) is 2.81. The number of likely N-dealkylation sites (N-methyl/N-ethyl adjacent to an activating group) is 1. The van der Waals surface area contributed by atoms with Gasteiger partial charge >= 0.3 is 0 Å². The van der Waals surface area contributed by atoms with Crippen LogP contribution in [0.3, 0.4) is 0 Å². The van der Waals surface area contributed by atoms with Crippen LogP contribution in [0.2, 0.25) is 0 Å². The third-order valence-corrected chi connectivity index (χ3v) is 4.42. The molecule has 0 spiro atoms. The molecule has 6 heteroatoms. The fraction of sp³-hybridized carbons (Fsp3) is 0.714. The van der Waals surface area contributed by atoms with E-state index in [1.807, 2.05) is 0 Å². The van der Waals surface area contributed by atoms with Crippen LogP contribution in [0.5, 0.6) is 0 Å². The van der Waals surface area contributed by atoms with E-state index in [1.54, 1.807) is 6.33 Å². The fourth-order valence-corrected chi connectivity index (χ4v) is 2.81. The van der Waals surface area contributed by atoms with E-state index in [1.165, 1.54) is 19.3 Å². The van der Waals surface area contributed by atoms with Crippen molar-refractivity contribution in [1.82, 2.24) is 14.9 Å². The first-order valence-electron chi connectivity index (χ1n) is 7.23. The number of rotatable bonds is 6. The van der Waals surface area contributed by atoms with Crippen molar-refractivity contribution in [1.29, 1.82) is 0 Å². The predicted octanol–water partition coefficient (Wildman–Crippen LogP) is 1.78. The Labute approximate surface area is 121 Å². The number of nitrogens with one attached hydrogen (secondary N) is 2. The van der Waals surface area contributed by atoms with Gasteiger partial charge in [-0.05, 0) is 39.3 Å². The summed E-state index contributed by atoms with van der Waals surface area (Å²) in [6, 6.07) is 0. The molecule has 0 atom stereocenters. The monoisotopic (exact) mass is 278 g/mol. The van der Waals surface area contributed by atoms with Gasteiger partial charge in [0.1, 0.15) is 18.0 Å². The van der Waals surface area contributed by atoms with Gasteiger partial charge in [0.05, 0.1) is 0 Å². The number of hydrogen-bond donors (Lipinski definition) is 3. The number of hydrazine groups is 1. The van der Waals surface area contributed by atoms with E-state index in [2.05, 4.69) is 53.6 Å². The van der Waals surface area contributed by atoms with E-state index >= 15 is 0 Å². The van der Waals surface area contributed by atoms with Gasteiger partial charge < -0.3 is 15.6 Å². The lowest BCUT2D eigenvalue weighted by atomic mass is 9.75. The van der Waals surface area contributed by atoms with E-state index in [0.29, 0.717) is 11.7 Å². The highest BCUT2D eigenvalue weighted by atomic mass is 15.3. The summed E-state index contributed by atoms with van der Waals surface area (Å²) in [6.07, 6.45) is 5.32. The van der Waals surface area contributed by atoms with Crippen LogP contribution in [0.15, 0.2) is 6.33 Å². The molecule has 1 aliphatic rings. The highest BCUT2D eigenvalue weighted by Crippen LogP contribution is 2.37. The second-order valence-electron chi connectivity index (χ2n) is 6.11. The molecule has 20 heavy (non-hydrogen) atoms. The van der Waals surface area contributed by atoms with E-state index in [-0.39, 0.29) is 5.54 Å². The van der Waals surface area contributed by atoms with Gasteiger partial charge in [-0.15, -0.1) is 0 Å². The van der Waals surface area contributed by atoms with Gasteiger partial charge in [-0.2, -0.15) is 0 Å². The highest BCUT2D eigenvalue weighted by Gasteiger charge is 2.39. The van der Waals surface area contributed by atoms with Crippen molar-refractivity contribution in [3.63, 3.8) is 0 Å². The summed E-state index contributed by atoms with van der Waals surface area (Å²) in [7, 11) is 4.30. The zero-order chi connectivity index (χ0) is 14.8. The Kier molecular flexibility index (Phi) is 4.45.